The Balaban J connectivity index is 2.02. The Labute approximate surface area is 158 Å². The molecular formula is C18H25ClN2O5. The highest BCUT2D eigenvalue weighted by Gasteiger charge is 2.31. The normalized spacial score (nSPS) is 19.8. The Kier molecular flexibility index (Phi) is 6.97. The van der Waals surface area contributed by atoms with Gasteiger partial charge in [0.05, 0.1) is 24.7 Å². The summed E-state index contributed by atoms with van der Waals surface area (Å²) in [6.07, 6.45) is 0.588. The lowest BCUT2D eigenvalue weighted by Gasteiger charge is -2.34. The maximum atomic E-state index is 12.4. The molecule has 144 valence electrons. The molecule has 0 saturated carbocycles. The summed E-state index contributed by atoms with van der Waals surface area (Å²) in [4.78, 5) is 25.2. The first-order valence-corrected chi connectivity index (χ1v) is 8.98. The molecule has 1 aromatic rings. The van der Waals surface area contributed by atoms with Gasteiger partial charge in [0, 0.05) is 19.6 Å². The number of nitrogens with zero attached hydrogens (tertiary/aromatic N) is 1. The molecule has 2 atom stereocenters. The maximum Gasteiger partial charge on any atom is 0.317 e. The van der Waals surface area contributed by atoms with E-state index in [2.05, 4.69) is 5.32 Å². The fourth-order valence-corrected chi connectivity index (χ4v) is 3.43. The molecule has 26 heavy (non-hydrogen) atoms. The smallest absolute Gasteiger partial charge is 0.317 e. The number of likely N-dealkylation sites (tertiary alicyclic amines) is 1. The lowest BCUT2D eigenvalue weighted by molar-refractivity contribution is -0.143. The molecule has 1 aliphatic rings. The van der Waals surface area contributed by atoms with E-state index in [9.17, 15) is 14.7 Å². The number of hydrogen-bond donors (Lipinski definition) is 2. The van der Waals surface area contributed by atoms with Gasteiger partial charge in [-0.15, -0.1) is 0 Å². The van der Waals surface area contributed by atoms with Crippen molar-refractivity contribution in [2.45, 2.75) is 26.8 Å². The van der Waals surface area contributed by atoms with Crippen LogP contribution < -0.4 is 14.8 Å². The average molecular weight is 385 g/mol. The molecule has 8 heteroatoms. The van der Waals surface area contributed by atoms with Gasteiger partial charge in [0.2, 0.25) is 0 Å². The van der Waals surface area contributed by atoms with Crippen molar-refractivity contribution in [1.29, 1.82) is 0 Å². The van der Waals surface area contributed by atoms with E-state index < -0.39 is 11.9 Å². The molecular weight excluding hydrogens is 360 g/mol. The average Bonchev–Trinajstić information content (AvgIpc) is 2.60. The number of halogens is 1. The molecule has 7 nitrogen and oxygen atoms in total. The molecule has 1 heterocycles. The van der Waals surface area contributed by atoms with Gasteiger partial charge in [0.1, 0.15) is 0 Å². The van der Waals surface area contributed by atoms with Crippen molar-refractivity contribution in [1.82, 2.24) is 10.2 Å². The first-order valence-electron chi connectivity index (χ1n) is 8.60. The predicted molar refractivity (Wildman–Crippen MR) is 97.9 cm³/mol. The zero-order chi connectivity index (χ0) is 19.3. The third-order valence-electron chi connectivity index (χ3n) is 4.32. The first-order chi connectivity index (χ1) is 12.3. The lowest BCUT2D eigenvalue weighted by atomic mass is 9.91. The molecule has 1 fully saturated rings. The van der Waals surface area contributed by atoms with E-state index >= 15 is 0 Å². The van der Waals surface area contributed by atoms with Crippen molar-refractivity contribution in [2.24, 2.45) is 11.8 Å². The molecule has 2 unspecified atom stereocenters. The van der Waals surface area contributed by atoms with Crippen LogP contribution in [0.15, 0.2) is 12.1 Å². The van der Waals surface area contributed by atoms with E-state index in [1.165, 1.54) is 7.11 Å². The van der Waals surface area contributed by atoms with E-state index in [1.54, 1.807) is 17.0 Å². The first kappa shape index (κ1) is 20.2. The second-order valence-electron chi connectivity index (χ2n) is 6.48. The highest BCUT2D eigenvalue weighted by atomic mass is 35.5. The summed E-state index contributed by atoms with van der Waals surface area (Å²) in [5, 5.41) is 12.5. The summed E-state index contributed by atoms with van der Waals surface area (Å²) in [7, 11) is 1.53. The Bertz CT molecular complexity index is 667. The second-order valence-corrected chi connectivity index (χ2v) is 6.89. The topological polar surface area (TPSA) is 88.1 Å². The van der Waals surface area contributed by atoms with E-state index in [0.717, 1.165) is 5.56 Å². The molecule has 1 aliphatic heterocycles. The summed E-state index contributed by atoms with van der Waals surface area (Å²) in [5.41, 5.74) is 0.767. The van der Waals surface area contributed by atoms with Crippen molar-refractivity contribution in [3.63, 3.8) is 0 Å². The zero-order valence-electron chi connectivity index (χ0n) is 15.3. The van der Waals surface area contributed by atoms with Crippen molar-refractivity contribution in [2.75, 3.05) is 26.8 Å². The van der Waals surface area contributed by atoms with Crippen LogP contribution in [-0.4, -0.2) is 48.8 Å². The number of rotatable bonds is 6. The summed E-state index contributed by atoms with van der Waals surface area (Å²) in [6, 6.07) is 3.19. The predicted octanol–water partition coefficient (Wildman–Crippen LogP) is 3.00. The minimum atomic E-state index is -0.864. The Morgan fingerprint density at radius 1 is 1.38 bits per heavy atom. The summed E-state index contributed by atoms with van der Waals surface area (Å²) in [5.74, 6) is -0.264. The number of hydrogen-bond acceptors (Lipinski definition) is 4. The highest BCUT2D eigenvalue weighted by molar-refractivity contribution is 6.32. The summed E-state index contributed by atoms with van der Waals surface area (Å²) >= 11 is 6.24. The van der Waals surface area contributed by atoms with Crippen LogP contribution in [0.25, 0.3) is 0 Å². The number of urea groups is 1. The molecule has 2 rings (SSSR count). The molecule has 0 aromatic heterocycles. The zero-order valence-corrected chi connectivity index (χ0v) is 16.0. The van der Waals surface area contributed by atoms with Crippen LogP contribution >= 0.6 is 11.6 Å². The fraction of sp³-hybridized carbons (Fsp3) is 0.556. The van der Waals surface area contributed by atoms with Crippen molar-refractivity contribution < 1.29 is 24.2 Å². The van der Waals surface area contributed by atoms with E-state index in [1.807, 2.05) is 13.8 Å². The number of carbonyl (C=O) groups excluding carboxylic acids is 1. The van der Waals surface area contributed by atoms with Crippen LogP contribution in [0.5, 0.6) is 11.5 Å². The fourth-order valence-electron chi connectivity index (χ4n) is 3.15. The monoisotopic (exact) mass is 384 g/mol. The third kappa shape index (κ3) is 4.94. The number of carboxylic acids is 1. The minimum absolute atomic E-state index is 0.149. The van der Waals surface area contributed by atoms with Gasteiger partial charge in [-0.1, -0.05) is 18.5 Å². The van der Waals surface area contributed by atoms with Crippen LogP contribution in [-0.2, 0) is 11.3 Å². The van der Waals surface area contributed by atoms with Gasteiger partial charge in [-0.3, -0.25) is 4.79 Å². The SMILES string of the molecule is CCOc1c(Cl)cc(CNC(=O)N2CC(C)CC(C(=O)O)C2)cc1OC. The van der Waals surface area contributed by atoms with E-state index in [4.69, 9.17) is 21.1 Å². The van der Waals surface area contributed by atoms with Crippen LogP contribution in [0.4, 0.5) is 4.79 Å². The molecule has 1 saturated heterocycles. The van der Waals surface area contributed by atoms with Crippen molar-refractivity contribution >= 4 is 23.6 Å². The number of amides is 2. The molecule has 2 N–H and O–H groups in total. The number of nitrogens with one attached hydrogen (secondary N) is 1. The standard InChI is InChI=1S/C18H25ClN2O5/c1-4-26-16-14(19)6-12(7-15(16)25-3)8-20-18(24)21-9-11(2)5-13(10-21)17(22)23/h6-7,11,13H,4-5,8-10H2,1-3H3,(H,20,24)(H,22,23). The number of carbonyl (C=O) groups is 2. The lowest BCUT2D eigenvalue weighted by Crippen LogP contribution is -2.49. The number of ether oxygens (including phenoxy) is 2. The number of carboxylic acid groups (broad SMARTS) is 1. The summed E-state index contributed by atoms with van der Waals surface area (Å²) < 4.78 is 10.8. The second kappa shape index (κ2) is 8.98. The van der Waals surface area contributed by atoms with Crippen LogP contribution in [0.3, 0.4) is 0 Å². The van der Waals surface area contributed by atoms with E-state index in [-0.39, 0.29) is 25.0 Å². The van der Waals surface area contributed by atoms with Crippen molar-refractivity contribution in [3.05, 3.63) is 22.7 Å². The van der Waals surface area contributed by atoms with Gasteiger partial charge in [-0.2, -0.15) is 0 Å². The van der Waals surface area contributed by atoms with Gasteiger partial charge >= 0.3 is 12.0 Å². The Morgan fingerprint density at radius 2 is 2.12 bits per heavy atom. The molecule has 0 bridgehead atoms. The Hall–Kier alpha value is -2.15. The van der Waals surface area contributed by atoms with Crippen LogP contribution in [0.1, 0.15) is 25.8 Å². The quantitative estimate of drug-likeness (QED) is 0.787. The minimum Gasteiger partial charge on any atom is -0.493 e. The van der Waals surface area contributed by atoms with Crippen molar-refractivity contribution in [3.8, 4) is 11.5 Å². The largest absolute Gasteiger partial charge is 0.493 e. The van der Waals surface area contributed by atoms with E-state index in [0.29, 0.717) is 36.1 Å². The molecule has 0 radical (unpaired) electrons. The molecule has 0 aliphatic carbocycles. The van der Waals surface area contributed by atoms with Gasteiger partial charge in [0.25, 0.3) is 0 Å². The number of methoxy groups -OCH3 is 1. The number of benzene rings is 1. The maximum absolute atomic E-state index is 12.4. The van der Waals surface area contributed by atoms with Crippen LogP contribution in [0, 0.1) is 11.8 Å². The third-order valence-corrected chi connectivity index (χ3v) is 4.60. The van der Waals surface area contributed by atoms with Gasteiger partial charge < -0.3 is 24.8 Å². The highest BCUT2D eigenvalue weighted by Crippen LogP contribution is 2.36. The van der Waals surface area contributed by atoms with Gasteiger partial charge in [0.15, 0.2) is 11.5 Å². The van der Waals surface area contributed by atoms with Gasteiger partial charge in [-0.05, 0) is 37.0 Å². The molecule has 1 aromatic carbocycles. The summed E-state index contributed by atoms with van der Waals surface area (Å²) in [6.45, 7) is 5.29. The van der Waals surface area contributed by atoms with Gasteiger partial charge in [-0.25, -0.2) is 4.79 Å². The van der Waals surface area contributed by atoms with Crippen LogP contribution in [0.2, 0.25) is 5.02 Å². The number of aliphatic carboxylic acids is 1. The number of piperidine rings is 1. The Morgan fingerprint density at radius 3 is 2.73 bits per heavy atom. The molecule has 2 amide bonds. The molecule has 0 spiro atoms.